The number of hydrogen-bond acceptors (Lipinski definition) is 7. The first-order chi connectivity index (χ1) is 17.7. The monoisotopic (exact) mass is 539 g/mol. The average molecular weight is 540 g/mol. The van der Waals surface area contributed by atoms with E-state index >= 15 is 0 Å². The SMILES string of the molecule is Nc1nccc(-c2sc(-c3ccccc3)nc2-c2cc(F)cc(NS(=O)(=O)c3c(F)cccc3F)c2)n1. The van der Waals surface area contributed by atoms with Crippen LogP contribution in [0.4, 0.5) is 24.8 Å². The molecule has 0 radical (unpaired) electrons. The maximum Gasteiger partial charge on any atom is 0.267 e. The molecule has 0 atom stereocenters. The standard InChI is InChI=1S/C25H16F3N5O2S2/c26-16-11-15(12-17(13-16)33-37(34,35)23-18(27)7-4-8-19(23)28)21-22(20-9-10-30-25(29)31-20)36-24(32-21)14-5-2-1-3-6-14/h1-13,33H,(H2,29,30,31). The molecule has 0 bridgehead atoms. The third kappa shape index (κ3) is 5.01. The number of aromatic nitrogens is 3. The van der Waals surface area contributed by atoms with Crippen molar-refractivity contribution < 1.29 is 21.6 Å². The van der Waals surface area contributed by atoms with Gasteiger partial charge in [-0.25, -0.2) is 36.5 Å². The largest absolute Gasteiger partial charge is 0.368 e. The molecule has 37 heavy (non-hydrogen) atoms. The van der Waals surface area contributed by atoms with E-state index in [0.29, 0.717) is 21.3 Å². The molecule has 5 aromatic rings. The lowest BCUT2D eigenvalue weighted by molar-refractivity contribution is 0.521. The fourth-order valence-corrected chi connectivity index (χ4v) is 5.87. The van der Waals surface area contributed by atoms with E-state index < -0.39 is 32.4 Å². The third-order valence-corrected chi connectivity index (χ3v) is 7.72. The first kappa shape index (κ1) is 24.4. The van der Waals surface area contributed by atoms with Crippen LogP contribution in [0, 0.1) is 17.5 Å². The molecule has 12 heteroatoms. The Hall–Kier alpha value is -4.29. The van der Waals surface area contributed by atoms with Crippen LogP contribution in [0.2, 0.25) is 0 Å². The van der Waals surface area contributed by atoms with Gasteiger partial charge in [0.2, 0.25) is 5.95 Å². The molecule has 0 spiro atoms. The summed E-state index contributed by atoms with van der Waals surface area (Å²) in [5.74, 6) is -3.33. The van der Waals surface area contributed by atoms with Gasteiger partial charge < -0.3 is 5.73 Å². The number of hydrogen-bond donors (Lipinski definition) is 2. The number of nitrogens with zero attached hydrogens (tertiary/aromatic N) is 3. The van der Waals surface area contributed by atoms with Crippen molar-refractivity contribution in [3.63, 3.8) is 0 Å². The number of rotatable bonds is 6. The van der Waals surface area contributed by atoms with E-state index in [1.807, 2.05) is 30.3 Å². The summed E-state index contributed by atoms with van der Waals surface area (Å²) in [6.45, 7) is 0. The maximum absolute atomic E-state index is 14.7. The molecule has 5 rings (SSSR count). The summed E-state index contributed by atoms with van der Waals surface area (Å²) >= 11 is 1.28. The smallest absolute Gasteiger partial charge is 0.267 e. The number of nitrogen functional groups attached to an aromatic ring is 1. The first-order valence-corrected chi connectivity index (χ1v) is 12.9. The Labute approximate surface area is 213 Å². The number of nitrogens with two attached hydrogens (primary N) is 1. The second-order valence-electron chi connectivity index (χ2n) is 7.75. The van der Waals surface area contributed by atoms with Gasteiger partial charge in [0.05, 0.1) is 22.0 Å². The second-order valence-corrected chi connectivity index (χ2v) is 10.4. The minimum absolute atomic E-state index is 0.0257. The van der Waals surface area contributed by atoms with Crippen molar-refractivity contribution in [3.8, 4) is 32.4 Å². The summed E-state index contributed by atoms with van der Waals surface area (Å²) in [7, 11) is -4.72. The summed E-state index contributed by atoms with van der Waals surface area (Å²) in [4.78, 5) is 12.2. The lowest BCUT2D eigenvalue weighted by Gasteiger charge is -2.11. The molecular formula is C25H16F3N5O2S2. The van der Waals surface area contributed by atoms with Crippen molar-refractivity contribution in [1.29, 1.82) is 0 Å². The summed E-state index contributed by atoms with van der Waals surface area (Å²) < 4.78 is 70.6. The maximum atomic E-state index is 14.7. The van der Waals surface area contributed by atoms with Crippen LogP contribution < -0.4 is 10.5 Å². The van der Waals surface area contributed by atoms with Gasteiger partial charge in [-0.3, -0.25) is 4.72 Å². The van der Waals surface area contributed by atoms with Crippen molar-refractivity contribution in [3.05, 3.63) is 96.4 Å². The molecule has 0 fully saturated rings. The van der Waals surface area contributed by atoms with Gasteiger partial charge in [-0.2, -0.15) is 0 Å². The highest BCUT2D eigenvalue weighted by Gasteiger charge is 2.25. The van der Waals surface area contributed by atoms with Gasteiger partial charge in [0, 0.05) is 17.3 Å². The van der Waals surface area contributed by atoms with Gasteiger partial charge in [0.1, 0.15) is 22.5 Å². The quantitative estimate of drug-likeness (QED) is 0.285. The number of nitrogens with one attached hydrogen (secondary N) is 1. The Bertz CT molecular complexity index is 1710. The van der Waals surface area contributed by atoms with Crippen LogP contribution in [-0.2, 0) is 10.0 Å². The molecular weight excluding hydrogens is 523 g/mol. The van der Waals surface area contributed by atoms with Crippen LogP contribution in [0.3, 0.4) is 0 Å². The molecule has 0 saturated carbocycles. The van der Waals surface area contributed by atoms with E-state index in [2.05, 4.69) is 19.7 Å². The zero-order valence-electron chi connectivity index (χ0n) is 18.7. The molecule has 2 aromatic heterocycles. The highest BCUT2D eigenvalue weighted by atomic mass is 32.2. The van der Waals surface area contributed by atoms with Gasteiger partial charge >= 0.3 is 0 Å². The fourth-order valence-electron chi connectivity index (χ4n) is 3.62. The van der Waals surface area contributed by atoms with Crippen LogP contribution >= 0.6 is 11.3 Å². The van der Waals surface area contributed by atoms with E-state index in [-0.39, 0.29) is 17.2 Å². The average Bonchev–Trinajstić information content (AvgIpc) is 3.29. The molecule has 186 valence electrons. The molecule has 3 N–H and O–H groups in total. The lowest BCUT2D eigenvalue weighted by atomic mass is 10.1. The minimum atomic E-state index is -4.72. The van der Waals surface area contributed by atoms with Crippen molar-refractivity contribution in [1.82, 2.24) is 15.0 Å². The summed E-state index contributed by atoms with van der Waals surface area (Å²) in [6.07, 6.45) is 1.47. The van der Waals surface area contributed by atoms with E-state index in [1.54, 1.807) is 6.07 Å². The molecule has 0 aliphatic rings. The summed E-state index contributed by atoms with van der Waals surface area (Å²) in [5, 5.41) is 0.600. The van der Waals surface area contributed by atoms with Gasteiger partial charge in [0.25, 0.3) is 10.0 Å². The Morgan fingerprint density at radius 3 is 2.27 bits per heavy atom. The van der Waals surface area contributed by atoms with Gasteiger partial charge in [-0.1, -0.05) is 36.4 Å². The fraction of sp³-hybridized carbons (Fsp3) is 0. The number of thiazole rings is 1. The normalized spacial score (nSPS) is 11.4. The van der Waals surface area contributed by atoms with Gasteiger partial charge in [-0.05, 0) is 36.4 Å². The highest BCUT2D eigenvalue weighted by Crippen LogP contribution is 2.41. The summed E-state index contributed by atoms with van der Waals surface area (Å²) in [5.41, 5.74) is 7.26. The number of halogens is 3. The predicted octanol–water partition coefficient (Wildman–Crippen LogP) is 5.73. The lowest BCUT2D eigenvalue weighted by Crippen LogP contribution is -2.16. The van der Waals surface area contributed by atoms with Gasteiger partial charge in [0.15, 0.2) is 4.90 Å². The summed E-state index contributed by atoms with van der Waals surface area (Å²) in [6, 6.07) is 16.9. The van der Waals surface area contributed by atoms with E-state index in [9.17, 15) is 21.6 Å². The first-order valence-electron chi connectivity index (χ1n) is 10.6. The van der Waals surface area contributed by atoms with Crippen LogP contribution in [0.5, 0.6) is 0 Å². The molecule has 0 aliphatic carbocycles. The van der Waals surface area contributed by atoms with E-state index in [0.717, 1.165) is 29.8 Å². The van der Waals surface area contributed by atoms with Crippen molar-refractivity contribution >= 4 is 33.0 Å². The molecule has 3 aromatic carbocycles. The molecule has 0 unspecified atom stereocenters. The minimum Gasteiger partial charge on any atom is -0.368 e. The highest BCUT2D eigenvalue weighted by molar-refractivity contribution is 7.92. The van der Waals surface area contributed by atoms with Crippen molar-refractivity contribution in [2.45, 2.75) is 4.90 Å². The van der Waals surface area contributed by atoms with Gasteiger partial charge in [-0.15, -0.1) is 11.3 Å². The molecule has 0 aliphatic heterocycles. The van der Waals surface area contributed by atoms with Crippen LogP contribution in [-0.4, -0.2) is 23.4 Å². The van der Waals surface area contributed by atoms with E-state index in [1.165, 1.54) is 29.7 Å². The van der Waals surface area contributed by atoms with Crippen molar-refractivity contribution in [2.24, 2.45) is 0 Å². The zero-order valence-corrected chi connectivity index (χ0v) is 20.3. The van der Waals surface area contributed by atoms with Crippen molar-refractivity contribution in [2.75, 3.05) is 10.5 Å². The molecule has 0 amide bonds. The van der Waals surface area contributed by atoms with Crippen LogP contribution in [0.15, 0.2) is 83.9 Å². The Kier molecular flexibility index (Phi) is 6.36. The Balaban J connectivity index is 1.63. The third-order valence-electron chi connectivity index (χ3n) is 5.17. The van der Waals surface area contributed by atoms with Crippen LogP contribution in [0.25, 0.3) is 32.4 Å². The molecule has 7 nitrogen and oxygen atoms in total. The van der Waals surface area contributed by atoms with Crippen LogP contribution in [0.1, 0.15) is 0 Å². The Morgan fingerprint density at radius 2 is 1.57 bits per heavy atom. The second kappa shape index (κ2) is 9.64. The zero-order chi connectivity index (χ0) is 26.2. The van der Waals surface area contributed by atoms with E-state index in [4.69, 9.17) is 5.73 Å². The topological polar surface area (TPSA) is 111 Å². The Morgan fingerprint density at radius 1 is 0.838 bits per heavy atom. The molecule has 2 heterocycles. The predicted molar refractivity (Wildman–Crippen MR) is 136 cm³/mol. The molecule has 0 saturated heterocycles. The number of benzene rings is 3. The number of sulfonamides is 1. The number of anilines is 2.